The third-order valence-corrected chi connectivity index (χ3v) is 2.59. The van der Waals surface area contributed by atoms with Gasteiger partial charge in [0.15, 0.2) is 0 Å². The number of aliphatic hydroxyl groups excluding tert-OH is 1. The van der Waals surface area contributed by atoms with Crippen LogP contribution in [0.4, 0.5) is 0 Å². The summed E-state index contributed by atoms with van der Waals surface area (Å²) in [5.74, 6) is -0.296. The number of hydrogen-bond acceptors (Lipinski definition) is 3. The fourth-order valence-electron chi connectivity index (χ4n) is 1.49. The first-order chi connectivity index (χ1) is 6.93. The number of primary amides is 1. The zero-order valence-corrected chi connectivity index (χ0v) is 10.0. The quantitative estimate of drug-likeness (QED) is 0.557. The molecule has 0 aliphatic heterocycles. The van der Waals surface area contributed by atoms with Crippen LogP contribution in [0.15, 0.2) is 0 Å². The van der Waals surface area contributed by atoms with E-state index in [9.17, 15) is 4.79 Å². The van der Waals surface area contributed by atoms with Crippen LogP contribution in [-0.2, 0) is 4.79 Å². The van der Waals surface area contributed by atoms with E-state index in [0.29, 0.717) is 6.42 Å². The van der Waals surface area contributed by atoms with E-state index in [-0.39, 0.29) is 24.0 Å². The Hall–Kier alpha value is -0.610. The van der Waals surface area contributed by atoms with Crippen molar-refractivity contribution in [2.45, 2.75) is 46.1 Å². The van der Waals surface area contributed by atoms with Crippen LogP contribution in [0.5, 0.6) is 0 Å². The molecule has 0 saturated heterocycles. The molecule has 0 fully saturated rings. The van der Waals surface area contributed by atoms with Crippen molar-refractivity contribution in [2.75, 3.05) is 13.2 Å². The molecule has 0 spiro atoms. The van der Waals surface area contributed by atoms with Crippen molar-refractivity contribution < 1.29 is 9.90 Å². The van der Waals surface area contributed by atoms with E-state index in [1.165, 1.54) is 0 Å². The number of amides is 1. The Kier molecular flexibility index (Phi) is 6.52. The Balaban J connectivity index is 3.94. The molecule has 0 bridgehead atoms. The number of hydrogen-bond donors (Lipinski definition) is 3. The molecule has 4 nitrogen and oxygen atoms in total. The van der Waals surface area contributed by atoms with E-state index in [0.717, 1.165) is 19.4 Å². The standard InChI is InChI=1S/C11H24N2O2/c1-4-9(10(12)15)13-8-11(2,3)6-5-7-14/h9,13-14H,4-8H2,1-3H3,(H2,12,15). The van der Waals surface area contributed by atoms with Crippen LogP contribution in [0.25, 0.3) is 0 Å². The first-order valence-electron chi connectivity index (χ1n) is 5.56. The summed E-state index contributed by atoms with van der Waals surface area (Å²) in [6.07, 6.45) is 2.44. The van der Waals surface area contributed by atoms with Crippen LogP contribution in [0, 0.1) is 5.41 Å². The number of rotatable bonds is 8. The van der Waals surface area contributed by atoms with Crippen molar-refractivity contribution in [3.8, 4) is 0 Å². The van der Waals surface area contributed by atoms with Crippen molar-refractivity contribution in [3.05, 3.63) is 0 Å². The maximum Gasteiger partial charge on any atom is 0.234 e. The summed E-state index contributed by atoms with van der Waals surface area (Å²) < 4.78 is 0. The fraction of sp³-hybridized carbons (Fsp3) is 0.909. The van der Waals surface area contributed by atoms with Crippen LogP contribution in [-0.4, -0.2) is 30.2 Å². The molecule has 0 heterocycles. The Morgan fingerprint density at radius 2 is 2.13 bits per heavy atom. The number of nitrogens with one attached hydrogen (secondary N) is 1. The van der Waals surface area contributed by atoms with Gasteiger partial charge in [0, 0.05) is 13.2 Å². The van der Waals surface area contributed by atoms with Crippen molar-refractivity contribution in [2.24, 2.45) is 11.1 Å². The van der Waals surface area contributed by atoms with Crippen molar-refractivity contribution in [1.29, 1.82) is 0 Å². The molecule has 15 heavy (non-hydrogen) atoms. The van der Waals surface area contributed by atoms with E-state index in [1.54, 1.807) is 0 Å². The second-order valence-corrected chi connectivity index (χ2v) is 4.74. The zero-order chi connectivity index (χ0) is 11.9. The maximum atomic E-state index is 11.0. The normalized spacial score (nSPS) is 13.9. The van der Waals surface area contributed by atoms with Crippen LogP contribution in [0.3, 0.4) is 0 Å². The van der Waals surface area contributed by atoms with Crippen molar-refractivity contribution >= 4 is 5.91 Å². The van der Waals surface area contributed by atoms with Gasteiger partial charge in [-0.15, -0.1) is 0 Å². The number of nitrogens with two attached hydrogens (primary N) is 1. The van der Waals surface area contributed by atoms with E-state index in [4.69, 9.17) is 10.8 Å². The van der Waals surface area contributed by atoms with Gasteiger partial charge < -0.3 is 16.2 Å². The van der Waals surface area contributed by atoms with Gasteiger partial charge in [-0.3, -0.25) is 4.79 Å². The maximum absolute atomic E-state index is 11.0. The molecule has 0 aromatic rings. The summed E-state index contributed by atoms with van der Waals surface area (Å²) in [4.78, 5) is 11.0. The Morgan fingerprint density at radius 1 is 1.53 bits per heavy atom. The van der Waals surface area contributed by atoms with Gasteiger partial charge in [0.2, 0.25) is 5.91 Å². The van der Waals surface area contributed by atoms with Crippen LogP contribution < -0.4 is 11.1 Å². The van der Waals surface area contributed by atoms with E-state index in [2.05, 4.69) is 19.2 Å². The van der Waals surface area contributed by atoms with Gasteiger partial charge in [-0.05, 0) is 24.7 Å². The predicted molar refractivity (Wildman–Crippen MR) is 61.4 cm³/mol. The second kappa shape index (κ2) is 6.80. The lowest BCUT2D eigenvalue weighted by Gasteiger charge is -2.26. The van der Waals surface area contributed by atoms with Crippen LogP contribution >= 0.6 is 0 Å². The summed E-state index contributed by atoms with van der Waals surface area (Å²) in [5, 5.41) is 11.9. The highest BCUT2D eigenvalue weighted by molar-refractivity contribution is 5.79. The largest absolute Gasteiger partial charge is 0.396 e. The highest BCUT2D eigenvalue weighted by atomic mass is 16.2. The van der Waals surface area contributed by atoms with E-state index in [1.807, 2.05) is 6.92 Å². The molecule has 4 heteroatoms. The van der Waals surface area contributed by atoms with Crippen molar-refractivity contribution in [1.82, 2.24) is 5.32 Å². The van der Waals surface area contributed by atoms with Gasteiger partial charge in [0.25, 0.3) is 0 Å². The van der Waals surface area contributed by atoms with Crippen LogP contribution in [0.2, 0.25) is 0 Å². The van der Waals surface area contributed by atoms with Gasteiger partial charge in [-0.1, -0.05) is 20.8 Å². The first kappa shape index (κ1) is 14.4. The Bertz CT molecular complexity index is 193. The highest BCUT2D eigenvalue weighted by Gasteiger charge is 2.20. The summed E-state index contributed by atoms with van der Waals surface area (Å²) in [6, 6.07) is -0.238. The molecule has 0 radical (unpaired) electrons. The topological polar surface area (TPSA) is 75.3 Å². The first-order valence-corrected chi connectivity index (χ1v) is 5.56. The fourth-order valence-corrected chi connectivity index (χ4v) is 1.49. The van der Waals surface area contributed by atoms with Gasteiger partial charge in [0.05, 0.1) is 6.04 Å². The molecule has 1 amide bonds. The summed E-state index contributed by atoms with van der Waals surface area (Å²) in [7, 11) is 0. The number of carbonyl (C=O) groups excluding carboxylic acids is 1. The lowest BCUT2D eigenvalue weighted by atomic mass is 9.87. The van der Waals surface area contributed by atoms with Gasteiger partial charge >= 0.3 is 0 Å². The van der Waals surface area contributed by atoms with E-state index < -0.39 is 0 Å². The van der Waals surface area contributed by atoms with E-state index >= 15 is 0 Å². The molecule has 0 aliphatic carbocycles. The number of aliphatic hydroxyl groups is 1. The zero-order valence-electron chi connectivity index (χ0n) is 10.0. The molecule has 0 rings (SSSR count). The molecule has 1 atom stereocenters. The molecular formula is C11H24N2O2. The molecule has 4 N–H and O–H groups in total. The number of carbonyl (C=O) groups is 1. The average molecular weight is 216 g/mol. The molecule has 1 unspecified atom stereocenters. The van der Waals surface area contributed by atoms with Gasteiger partial charge in [-0.25, -0.2) is 0 Å². The summed E-state index contributed by atoms with van der Waals surface area (Å²) >= 11 is 0. The monoisotopic (exact) mass is 216 g/mol. The predicted octanol–water partition coefficient (Wildman–Crippen LogP) is 0.639. The molecule has 0 aromatic carbocycles. The Morgan fingerprint density at radius 3 is 2.53 bits per heavy atom. The van der Waals surface area contributed by atoms with Gasteiger partial charge in [0.1, 0.15) is 0 Å². The van der Waals surface area contributed by atoms with Crippen molar-refractivity contribution in [3.63, 3.8) is 0 Å². The molecule has 90 valence electrons. The molecule has 0 aromatic heterocycles. The minimum atomic E-state index is -0.296. The second-order valence-electron chi connectivity index (χ2n) is 4.74. The highest BCUT2D eigenvalue weighted by Crippen LogP contribution is 2.20. The minimum Gasteiger partial charge on any atom is -0.396 e. The third-order valence-electron chi connectivity index (χ3n) is 2.59. The summed E-state index contributed by atoms with van der Waals surface area (Å²) in [6.45, 7) is 7.13. The van der Waals surface area contributed by atoms with Crippen LogP contribution in [0.1, 0.15) is 40.0 Å². The SMILES string of the molecule is CCC(NCC(C)(C)CCCO)C(N)=O. The minimum absolute atomic E-state index is 0.0889. The van der Waals surface area contributed by atoms with Gasteiger partial charge in [-0.2, -0.15) is 0 Å². The molecular weight excluding hydrogens is 192 g/mol. The summed E-state index contributed by atoms with van der Waals surface area (Å²) in [5.41, 5.74) is 5.32. The smallest absolute Gasteiger partial charge is 0.234 e. The third kappa shape index (κ3) is 6.47. The average Bonchev–Trinajstić information content (AvgIpc) is 2.15. The lowest BCUT2D eigenvalue weighted by Crippen LogP contribution is -2.44. The molecule has 0 saturated carbocycles. The lowest BCUT2D eigenvalue weighted by molar-refractivity contribution is -0.120. The molecule has 0 aliphatic rings. The Labute approximate surface area is 92.2 Å².